The van der Waals surface area contributed by atoms with E-state index in [1.165, 1.54) is 0 Å². The third-order valence-corrected chi connectivity index (χ3v) is 3.71. The Hall–Kier alpha value is -1.26. The largest absolute Gasteiger partial charge is 0.492 e. The van der Waals surface area contributed by atoms with Gasteiger partial charge in [-0.05, 0) is 43.1 Å². The average molecular weight is 250 g/mol. The van der Waals surface area contributed by atoms with Gasteiger partial charge in [-0.25, -0.2) is 0 Å². The first kappa shape index (κ1) is 13.2. The fraction of sp³-hybridized carbons (Fsp3) is 0.571. The molecule has 2 rings (SSSR count). The molecule has 1 aliphatic heterocycles. The van der Waals surface area contributed by atoms with Crippen LogP contribution in [0.2, 0.25) is 0 Å². The molecule has 4 nitrogen and oxygen atoms in total. The van der Waals surface area contributed by atoms with Crippen LogP contribution in [0.3, 0.4) is 0 Å². The Morgan fingerprint density at radius 2 is 2.11 bits per heavy atom. The zero-order valence-corrected chi connectivity index (χ0v) is 10.9. The average Bonchev–Trinajstić information content (AvgIpc) is 2.72. The monoisotopic (exact) mass is 250 g/mol. The normalized spacial score (nSPS) is 24.3. The number of aliphatic hydroxyl groups is 1. The molecule has 1 aromatic carbocycles. The first-order valence-corrected chi connectivity index (χ1v) is 6.54. The van der Waals surface area contributed by atoms with E-state index in [2.05, 4.69) is 11.8 Å². The van der Waals surface area contributed by atoms with Crippen LogP contribution in [-0.4, -0.2) is 42.4 Å². The summed E-state index contributed by atoms with van der Waals surface area (Å²) in [5.74, 6) is 1.42. The van der Waals surface area contributed by atoms with Crippen LogP contribution >= 0.6 is 0 Å². The molecule has 1 aliphatic rings. The molecule has 2 atom stereocenters. The van der Waals surface area contributed by atoms with Crippen molar-refractivity contribution in [3.63, 3.8) is 0 Å². The van der Waals surface area contributed by atoms with Gasteiger partial charge >= 0.3 is 0 Å². The Balaban J connectivity index is 1.77. The Bertz CT molecular complexity index is 367. The molecule has 0 spiro atoms. The molecule has 0 saturated carbocycles. The maximum atomic E-state index is 9.36. The second kappa shape index (κ2) is 6.07. The Morgan fingerprint density at radius 1 is 1.39 bits per heavy atom. The van der Waals surface area contributed by atoms with E-state index in [-0.39, 0.29) is 6.61 Å². The summed E-state index contributed by atoms with van der Waals surface area (Å²) < 4.78 is 5.67. The van der Waals surface area contributed by atoms with Gasteiger partial charge in [-0.15, -0.1) is 0 Å². The van der Waals surface area contributed by atoms with E-state index in [9.17, 15) is 5.11 Å². The van der Waals surface area contributed by atoms with Crippen LogP contribution in [0.1, 0.15) is 13.3 Å². The fourth-order valence-electron chi connectivity index (χ4n) is 2.51. The number of ether oxygens (including phenoxy) is 1. The summed E-state index contributed by atoms with van der Waals surface area (Å²) in [5.41, 5.74) is 6.36. The molecular formula is C14H22N2O2. The summed E-state index contributed by atoms with van der Waals surface area (Å²) in [5, 5.41) is 9.36. The molecule has 1 aromatic rings. The van der Waals surface area contributed by atoms with Gasteiger partial charge in [0.2, 0.25) is 0 Å². The van der Waals surface area contributed by atoms with Crippen LogP contribution in [0.5, 0.6) is 5.75 Å². The highest BCUT2D eigenvalue weighted by Crippen LogP contribution is 2.23. The van der Waals surface area contributed by atoms with Crippen LogP contribution in [0.4, 0.5) is 5.69 Å². The number of nitrogens with two attached hydrogens (primary N) is 1. The quantitative estimate of drug-likeness (QED) is 0.775. The molecule has 100 valence electrons. The molecule has 1 saturated heterocycles. The first-order valence-electron chi connectivity index (χ1n) is 6.54. The maximum Gasteiger partial charge on any atom is 0.119 e. The van der Waals surface area contributed by atoms with Crippen molar-refractivity contribution in [1.82, 2.24) is 4.90 Å². The summed E-state index contributed by atoms with van der Waals surface area (Å²) in [6.07, 6.45) is 1.16. The number of hydrogen-bond donors (Lipinski definition) is 2. The Labute approximate surface area is 108 Å². The van der Waals surface area contributed by atoms with Crippen molar-refractivity contribution in [3.8, 4) is 5.75 Å². The fourth-order valence-corrected chi connectivity index (χ4v) is 2.51. The smallest absolute Gasteiger partial charge is 0.119 e. The van der Waals surface area contributed by atoms with Gasteiger partial charge in [0.15, 0.2) is 0 Å². The van der Waals surface area contributed by atoms with Gasteiger partial charge in [-0.2, -0.15) is 0 Å². The van der Waals surface area contributed by atoms with Crippen molar-refractivity contribution in [3.05, 3.63) is 24.3 Å². The molecule has 18 heavy (non-hydrogen) atoms. The minimum Gasteiger partial charge on any atom is -0.492 e. The summed E-state index contributed by atoms with van der Waals surface area (Å²) >= 11 is 0. The topological polar surface area (TPSA) is 58.7 Å². The van der Waals surface area contributed by atoms with E-state index >= 15 is 0 Å². The van der Waals surface area contributed by atoms with E-state index in [4.69, 9.17) is 10.5 Å². The van der Waals surface area contributed by atoms with Crippen molar-refractivity contribution >= 4 is 5.69 Å². The SMILES string of the molecule is CC1CCN(CCOc2ccc(N)cc2)C1CO. The van der Waals surface area contributed by atoms with E-state index in [0.29, 0.717) is 18.6 Å². The number of hydrogen-bond acceptors (Lipinski definition) is 4. The van der Waals surface area contributed by atoms with E-state index in [0.717, 1.165) is 30.9 Å². The lowest BCUT2D eigenvalue weighted by atomic mass is 10.0. The lowest BCUT2D eigenvalue weighted by Gasteiger charge is -2.24. The molecule has 3 N–H and O–H groups in total. The summed E-state index contributed by atoms with van der Waals surface area (Å²) in [4.78, 5) is 2.31. The second-order valence-electron chi connectivity index (χ2n) is 4.97. The number of benzene rings is 1. The third-order valence-electron chi connectivity index (χ3n) is 3.71. The van der Waals surface area contributed by atoms with Crippen molar-refractivity contribution < 1.29 is 9.84 Å². The highest BCUT2D eigenvalue weighted by molar-refractivity contribution is 5.41. The minimum atomic E-state index is 0.239. The van der Waals surface area contributed by atoms with Gasteiger partial charge in [0.1, 0.15) is 12.4 Å². The van der Waals surface area contributed by atoms with E-state index in [1.54, 1.807) is 0 Å². The minimum absolute atomic E-state index is 0.239. The van der Waals surface area contributed by atoms with Gasteiger partial charge < -0.3 is 15.6 Å². The summed E-state index contributed by atoms with van der Waals surface area (Å²) in [6, 6.07) is 7.73. The number of rotatable bonds is 5. The molecule has 2 unspecified atom stereocenters. The summed E-state index contributed by atoms with van der Waals surface area (Å²) in [6.45, 7) is 5.00. The van der Waals surface area contributed by atoms with Crippen LogP contribution in [0, 0.1) is 5.92 Å². The Morgan fingerprint density at radius 3 is 2.78 bits per heavy atom. The van der Waals surface area contributed by atoms with Crippen LogP contribution in [-0.2, 0) is 0 Å². The lowest BCUT2D eigenvalue weighted by molar-refractivity contribution is 0.123. The zero-order chi connectivity index (χ0) is 13.0. The molecule has 4 heteroatoms. The highest BCUT2D eigenvalue weighted by Gasteiger charge is 2.29. The molecule has 0 amide bonds. The van der Waals surface area contributed by atoms with E-state index < -0.39 is 0 Å². The van der Waals surface area contributed by atoms with Gasteiger partial charge in [0.05, 0.1) is 6.61 Å². The van der Waals surface area contributed by atoms with Gasteiger partial charge in [0, 0.05) is 18.3 Å². The number of likely N-dealkylation sites (tertiary alicyclic amines) is 1. The van der Waals surface area contributed by atoms with Crippen LogP contribution < -0.4 is 10.5 Å². The van der Waals surface area contributed by atoms with Gasteiger partial charge in [-0.3, -0.25) is 4.90 Å². The molecule has 1 heterocycles. The predicted octanol–water partition coefficient (Wildman–Crippen LogP) is 1.35. The standard InChI is InChI=1S/C14H22N2O2/c1-11-6-7-16(14(11)10-17)8-9-18-13-4-2-12(15)3-5-13/h2-5,11,14,17H,6-10,15H2,1H3. The summed E-state index contributed by atoms with van der Waals surface area (Å²) in [7, 11) is 0. The van der Waals surface area contributed by atoms with Crippen molar-refractivity contribution in [2.24, 2.45) is 5.92 Å². The molecule has 0 aromatic heterocycles. The lowest BCUT2D eigenvalue weighted by Crippen LogP contribution is -2.37. The first-order chi connectivity index (χ1) is 8.70. The van der Waals surface area contributed by atoms with Crippen molar-refractivity contribution in [2.45, 2.75) is 19.4 Å². The predicted molar refractivity (Wildman–Crippen MR) is 72.6 cm³/mol. The number of anilines is 1. The van der Waals surface area contributed by atoms with E-state index in [1.807, 2.05) is 24.3 Å². The van der Waals surface area contributed by atoms with Crippen molar-refractivity contribution in [1.29, 1.82) is 0 Å². The van der Waals surface area contributed by atoms with Crippen LogP contribution in [0.15, 0.2) is 24.3 Å². The zero-order valence-electron chi connectivity index (χ0n) is 10.9. The molecule has 0 bridgehead atoms. The number of nitrogens with zero attached hydrogens (tertiary/aromatic N) is 1. The highest BCUT2D eigenvalue weighted by atomic mass is 16.5. The van der Waals surface area contributed by atoms with Gasteiger partial charge in [-0.1, -0.05) is 6.92 Å². The maximum absolute atomic E-state index is 9.36. The van der Waals surface area contributed by atoms with Crippen molar-refractivity contribution in [2.75, 3.05) is 32.0 Å². The van der Waals surface area contributed by atoms with Crippen LogP contribution in [0.25, 0.3) is 0 Å². The number of nitrogen functional groups attached to an aromatic ring is 1. The molecular weight excluding hydrogens is 228 g/mol. The second-order valence-corrected chi connectivity index (χ2v) is 4.97. The number of aliphatic hydroxyl groups excluding tert-OH is 1. The molecule has 0 aliphatic carbocycles. The van der Waals surface area contributed by atoms with Gasteiger partial charge in [0.25, 0.3) is 0 Å². The molecule has 0 radical (unpaired) electrons. The molecule has 1 fully saturated rings. The Kier molecular flexibility index (Phi) is 4.44. The third kappa shape index (κ3) is 3.15.